The van der Waals surface area contributed by atoms with E-state index >= 15 is 0 Å². The monoisotopic (exact) mass is 444 g/mol. The zero-order valence-corrected chi connectivity index (χ0v) is 19.9. The summed E-state index contributed by atoms with van der Waals surface area (Å²) in [7, 11) is 2.20. The zero-order chi connectivity index (χ0) is 22.9. The van der Waals surface area contributed by atoms with Gasteiger partial charge in [-0.2, -0.15) is 0 Å². The molecule has 5 atom stereocenters. The van der Waals surface area contributed by atoms with Crippen molar-refractivity contribution in [1.29, 1.82) is 0 Å². The predicted molar refractivity (Wildman–Crippen MR) is 120 cm³/mol. The summed E-state index contributed by atoms with van der Waals surface area (Å²) in [5, 5.41) is 14.2. The van der Waals surface area contributed by atoms with Crippen molar-refractivity contribution >= 4 is 5.97 Å². The smallest absolute Gasteiger partial charge is 0.320 e. The lowest BCUT2D eigenvalue weighted by Gasteiger charge is -2.65. The van der Waals surface area contributed by atoms with Gasteiger partial charge in [0.05, 0.1) is 17.6 Å². The Labute approximate surface area is 190 Å². The molecule has 32 heavy (non-hydrogen) atoms. The van der Waals surface area contributed by atoms with E-state index in [4.69, 9.17) is 14.2 Å². The van der Waals surface area contributed by atoms with Crippen LogP contribution < -0.4 is 10.1 Å². The van der Waals surface area contributed by atoms with Crippen LogP contribution in [0.2, 0.25) is 0 Å². The van der Waals surface area contributed by atoms with Crippen molar-refractivity contribution in [2.45, 2.75) is 88.2 Å². The van der Waals surface area contributed by atoms with E-state index in [0.29, 0.717) is 12.4 Å². The van der Waals surface area contributed by atoms with Crippen LogP contribution in [0.5, 0.6) is 11.5 Å². The van der Waals surface area contributed by atoms with Crippen molar-refractivity contribution in [1.82, 2.24) is 10.2 Å². The number of phenolic OH excluding ortho intramolecular Hbond substituents is 1. The lowest BCUT2D eigenvalue weighted by atomic mass is 9.48. The Bertz CT molecular complexity index is 928. The van der Waals surface area contributed by atoms with Crippen molar-refractivity contribution < 1.29 is 24.1 Å². The highest BCUT2D eigenvalue weighted by molar-refractivity contribution is 5.72. The SMILES string of the molecule is CCO[C@@]12CC[C@@H](NCC(=O)OC(C)(C)C)[C@@H]3Oc4c(O)ccc5c4[C@@]31CCN(C)C2C5. The van der Waals surface area contributed by atoms with Crippen LogP contribution in [0, 0.1) is 0 Å². The van der Waals surface area contributed by atoms with Crippen LogP contribution in [0.15, 0.2) is 12.1 Å². The van der Waals surface area contributed by atoms with E-state index in [2.05, 4.69) is 30.3 Å². The molecule has 4 aliphatic rings. The van der Waals surface area contributed by atoms with Gasteiger partial charge in [0.15, 0.2) is 11.5 Å². The van der Waals surface area contributed by atoms with Crippen LogP contribution in [-0.2, 0) is 26.1 Å². The van der Waals surface area contributed by atoms with Crippen LogP contribution in [-0.4, -0.2) is 72.1 Å². The summed E-state index contributed by atoms with van der Waals surface area (Å²) < 4.78 is 18.8. The maximum Gasteiger partial charge on any atom is 0.320 e. The first-order valence-electron chi connectivity index (χ1n) is 11.9. The van der Waals surface area contributed by atoms with Crippen LogP contribution in [0.25, 0.3) is 0 Å². The van der Waals surface area contributed by atoms with Crippen LogP contribution >= 0.6 is 0 Å². The van der Waals surface area contributed by atoms with Gasteiger partial charge >= 0.3 is 5.97 Å². The first-order valence-corrected chi connectivity index (χ1v) is 11.9. The second-order valence-corrected chi connectivity index (χ2v) is 10.8. The van der Waals surface area contributed by atoms with Gasteiger partial charge < -0.3 is 29.5 Å². The molecule has 2 N–H and O–H groups in total. The third kappa shape index (κ3) is 2.94. The number of benzene rings is 1. The molecular formula is C25H36N2O5. The number of likely N-dealkylation sites (tertiary alicyclic amines) is 1. The van der Waals surface area contributed by atoms with Crippen molar-refractivity contribution in [3.05, 3.63) is 23.3 Å². The van der Waals surface area contributed by atoms with E-state index in [1.807, 2.05) is 20.8 Å². The molecule has 0 radical (unpaired) electrons. The molecule has 7 nitrogen and oxygen atoms in total. The molecule has 2 heterocycles. The Morgan fingerprint density at radius 1 is 1.34 bits per heavy atom. The van der Waals surface area contributed by atoms with Gasteiger partial charge in [0.2, 0.25) is 0 Å². The highest BCUT2D eigenvalue weighted by Crippen LogP contribution is 2.66. The highest BCUT2D eigenvalue weighted by atomic mass is 16.6. The average Bonchev–Trinajstić information content (AvgIpc) is 3.06. The van der Waals surface area contributed by atoms with Crippen molar-refractivity contribution in [3.8, 4) is 11.5 Å². The number of ether oxygens (including phenoxy) is 3. The number of nitrogens with zero attached hydrogens (tertiary/aromatic N) is 1. The summed E-state index contributed by atoms with van der Waals surface area (Å²) in [4.78, 5) is 14.9. The molecule has 0 aromatic heterocycles. The molecule has 0 amide bonds. The van der Waals surface area contributed by atoms with E-state index in [1.54, 1.807) is 6.07 Å². The minimum atomic E-state index is -0.514. The Hall–Kier alpha value is -1.83. The van der Waals surface area contributed by atoms with Crippen molar-refractivity contribution in [2.75, 3.05) is 26.7 Å². The van der Waals surface area contributed by atoms with E-state index in [9.17, 15) is 9.90 Å². The Kier molecular flexibility index (Phi) is 5.04. The fourth-order valence-corrected chi connectivity index (χ4v) is 7.08. The van der Waals surface area contributed by atoms with Gasteiger partial charge in [-0.3, -0.25) is 4.79 Å². The summed E-state index contributed by atoms with van der Waals surface area (Å²) in [6.45, 7) is 9.43. The Morgan fingerprint density at radius 2 is 2.12 bits per heavy atom. The second kappa shape index (κ2) is 7.34. The van der Waals surface area contributed by atoms with E-state index in [1.165, 1.54) is 5.56 Å². The molecule has 2 aliphatic carbocycles. The third-order valence-corrected chi connectivity index (χ3v) is 8.02. The maximum atomic E-state index is 12.4. The van der Waals surface area contributed by atoms with Gasteiger partial charge in [-0.1, -0.05) is 6.07 Å². The molecule has 2 bridgehead atoms. The van der Waals surface area contributed by atoms with Gasteiger partial charge in [-0.05, 0) is 78.6 Å². The van der Waals surface area contributed by atoms with E-state index in [0.717, 1.165) is 37.8 Å². The molecule has 2 aliphatic heterocycles. The van der Waals surface area contributed by atoms with Gasteiger partial charge in [-0.25, -0.2) is 0 Å². The number of hydrogen-bond donors (Lipinski definition) is 2. The molecule has 1 aromatic carbocycles. The quantitative estimate of drug-likeness (QED) is 0.676. The minimum absolute atomic E-state index is 0.0297. The summed E-state index contributed by atoms with van der Waals surface area (Å²) in [5.74, 6) is 0.548. The fourth-order valence-electron chi connectivity index (χ4n) is 7.08. The largest absolute Gasteiger partial charge is 0.504 e. The lowest BCUT2D eigenvalue weighted by molar-refractivity contribution is -0.214. The highest BCUT2D eigenvalue weighted by Gasteiger charge is 2.73. The molecule has 7 heteroatoms. The number of piperidine rings is 1. The Balaban J connectivity index is 1.55. The number of likely N-dealkylation sites (N-methyl/N-ethyl adjacent to an activating group) is 1. The number of phenols is 1. The molecule has 5 rings (SSSR count). The topological polar surface area (TPSA) is 80.3 Å². The standard InChI is InChI=1S/C25H36N2O5/c1-6-30-25-10-9-16(26-14-19(29)32-23(2,3)4)22-24(25)11-12-27(5)18(25)13-15-7-8-17(28)21(31-22)20(15)24/h7-8,16,18,22,26,28H,6,9-14H2,1-5H3/t16-,18?,22+,24+,25-/m1/s1. The number of nitrogens with one attached hydrogen (secondary N) is 1. The number of esters is 1. The molecule has 1 aromatic rings. The number of hydrogen-bond acceptors (Lipinski definition) is 7. The lowest BCUT2D eigenvalue weighted by Crippen LogP contribution is -2.78. The molecule has 1 spiro atoms. The molecule has 1 unspecified atom stereocenters. The van der Waals surface area contributed by atoms with E-state index < -0.39 is 5.60 Å². The normalized spacial score (nSPS) is 35.2. The zero-order valence-electron chi connectivity index (χ0n) is 19.9. The average molecular weight is 445 g/mol. The summed E-state index contributed by atoms with van der Waals surface area (Å²) in [5.41, 5.74) is 1.17. The van der Waals surface area contributed by atoms with Crippen LogP contribution in [0.3, 0.4) is 0 Å². The number of carbonyl (C=O) groups is 1. The maximum absolute atomic E-state index is 12.4. The molecule has 1 saturated carbocycles. The fraction of sp³-hybridized carbons (Fsp3) is 0.720. The molecular weight excluding hydrogens is 408 g/mol. The number of carbonyl (C=O) groups excluding carboxylic acids is 1. The van der Waals surface area contributed by atoms with Crippen molar-refractivity contribution in [3.63, 3.8) is 0 Å². The van der Waals surface area contributed by atoms with Gasteiger partial charge in [-0.15, -0.1) is 0 Å². The summed E-state index contributed by atoms with van der Waals surface area (Å²) >= 11 is 0. The number of rotatable bonds is 5. The van der Waals surface area contributed by atoms with Crippen LogP contribution in [0.4, 0.5) is 0 Å². The second-order valence-electron chi connectivity index (χ2n) is 10.8. The van der Waals surface area contributed by atoms with Crippen molar-refractivity contribution in [2.24, 2.45) is 0 Å². The first-order chi connectivity index (χ1) is 15.1. The Morgan fingerprint density at radius 3 is 2.84 bits per heavy atom. The summed E-state index contributed by atoms with van der Waals surface area (Å²) in [6, 6.07) is 4.05. The molecule has 176 valence electrons. The predicted octanol–water partition coefficient (Wildman–Crippen LogP) is 2.52. The van der Waals surface area contributed by atoms with Gasteiger partial charge in [0, 0.05) is 24.3 Å². The van der Waals surface area contributed by atoms with Gasteiger partial charge in [0.1, 0.15) is 11.7 Å². The molecule has 2 fully saturated rings. The molecule has 1 saturated heterocycles. The first kappa shape index (κ1) is 22.0. The number of aromatic hydroxyl groups is 1. The van der Waals surface area contributed by atoms with E-state index in [-0.39, 0.29) is 47.5 Å². The third-order valence-electron chi connectivity index (χ3n) is 8.02. The minimum Gasteiger partial charge on any atom is -0.504 e. The summed E-state index contributed by atoms with van der Waals surface area (Å²) in [6.07, 6.45) is 3.31. The van der Waals surface area contributed by atoms with Gasteiger partial charge in [0.25, 0.3) is 0 Å². The van der Waals surface area contributed by atoms with Crippen LogP contribution in [0.1, 0.15) is 58.1 Å².